The largest absolute Gasteiger partial charge is 0.482 e. The van der Waals surface area contributed by atoms with E-state index >= 15 is 0 Å². The van der Waals surface area contributed by atoms with Crippen LogP contribution in [0.25, 0.3) is 10.9 Å². The zero-order valence-electron chi connectivity index (χ0n) is 11.9. The third kappa shape index (κ3) is 3.70. The maximum Gasteiger partial charge on any atom is 0.341 e. The van der Waals surface area contributed by atoms with Crippen molar-refractivity contribution >= 4 is 28.5 Å². The zero-order chi connectivity index (χ0) is 16.2. The molecule has 0 amide bonds. The van der Waals surface area contributed by atoms with E-state index in [9.17, 15) is 4.79 Å². The van der Waals surface area contributed by atoms with Crippen LogP contribution in [-0.2, 0) is 4.79 Å². The molecule has 1 heterocycles. The summed E-state index contributed by atoms with van der Waals surface area (Å²) in [5.41, 5.74) is 0.747. The number of aliphatic carboxylic acids is 1. The molecule has 0 saturated heterocycles. The lowest BCUT2D eigenvalue weighted by Crippen LogP contribution is -2.09. The number of benzene rings is 2. The van der Waals surface area contributed by atoms with Crippen LogP contribution in [-0.4, -0.2) is 22.7 Å². The van der Waals surface area contributed by atoms with Crippen LogP contribution in [0.4, 0.5) is 0 Å². The smallest absolute Gasteiger partial charge is 0.341 e. The third-order valence-electron chi connectivity index (χ3n) is 3.06. The van der Waals surface area contributed by atoms with Gasteiger partial charge in [-0.1, -0.05) is 17.7 Å². The van der Waals surface area contributed by atoms with Gasteiger partial charge in [0.05, 0.1) is 5.52 Å². The second kappa shape index (κ2) is 6.54. The van der Waals surface area contributed by atoms with Crippen molar-refractivity contribution in [1.82, 2.24) is 4.98 Å². The highest BCUT2D eigenvalue weighted by molar-refractivity contribution is 6.35. The Kier molecular flexibility index (Phi) is 4.30. The van der Waals surface area contributed by atoms with Crippen LogP contribution >= 0.6 is 11.6 Å². The van der Waals surface area contributed by atoms with Gasteiger partial charge in [0.25, 0.3) is 0 Å². The highest BCUT2D eigenvalue weighted by Crippen LogP contribution is 2.27. The van der Waals surface area contributed by atoms with Crippen molar-refractivity contribution in [2.45, 2.75) is 0 Å². The lowest BCUT2D eigenvalue weighted by molar-refractivity contribution is -0.139. The molecule has 23 heavy (non-hydrogen) atoms. The van der Waals surface area contributed by atoms with Crippen molar-refractivity contribution in [2.24, 2.45) is 0 Å². The van der Waals surface area contributed by atoms with E-state index in [2.05, 4.69) is 4.98 Å². The molecule has 0 unspecified atom stereocenters. The van der Waals surface area contributed by atoms with E-state index in [0.29, 0.717) is 22.4 Å². The molecule has 0 radical (unpaired) electrons. The van der Waals surface area contributed by atoms with Gasteiger partial charge < -0.3 is 14.6 Å². The first kappa shape index (κ1) is 15.1. The summed E-state index contributed by atoms with van der Waals surface area (Å²) < 4.78 is 10.7. The Bertz CT molecular complexity index is 849. The quantitative estimate of drug-likeness (QED) is 0.761. The Morgan fingerprint density at radius 1 is 1.04 bits per heavy atom. The molecule has 0 atom stereocenters. The Labute approximate surface area is 137 Å². The predicted molar refractivity (Wildman–Crippen MR) is 86.4 cm³/mol. The number of fused-ring (bicyclic) bond motifs is 1. The standard InChI is InChI=1S/C17H12ClNO4/c18-14-2-1-3-15-13(14)8-9-16(19-15)23-12-6-4-11(5-7-12)22-10-17(20)21/h1-9H,10H2,(H,20,21). The number of ether oxygens (including phenoxy) is 2. The SMILES string of the molecule is O=C(O)COc1ccc(Oc2ccc3c(Cl)cccc3n2)cc1. The van der Waals surface area contributed by atoms with Gasteiger partial charge in [0.15, 0.2) is 6.61 Å². The van der Waals surface area contributed by atoms with Gasteiger partial charge in [0.1, 0.15) is 11.5 Å². The van der Waals surface area contributed by atoms with Gasteiger partial charge in [-0.2, -0.15) is 0 Å². The minimum absolute atomic E-state index is 0.382. The monoisotopic (exact) mass is 329 g/mol. The fourth-order valence-electron chi connectivity index (χ4n) is 2.03. The first-order valence-corrected chi connectivity index (χ1v) is 7.17. The molecule has 0 saturated carbocycles. The molecule has 116 valence electrons. The zero-order valence-corrected chi connectivity index (χ0v) is 12.7. The topological polar surface area (TPSA) is 68.7 Å². The Morgan fingerprint density at radius 2 is 1.78 bits per heavy atom. The van der Waals surface area contributed by atoms with Gasteiger partial charge in [-0.05, 0) is 42.5 Å². The van der Waals surface area contributed by atoms with Crippen LogP contribution in [0.2, 0.25) is 5.02 Å². The van der Waals surface area contributed by atoms with E-state index in [4.69, 9.17) is 26.2 Å². The molecular weight excluding hydrogens is 318 g/mol. The number of hydrogen-bond acceptors (Lipinski definition) is 4. The molecular formula is C17H12ClNO4. The lowest BCUT2D eigenvalue weighted by atomic mass is 10.2. The second-order valence-corrected chi connectivity index (χ2v) is 5.12. The summed E-state index contributed by atoms with van der Waals surface area (Å²) in [7, 11) is 0. The molecule has 0 fully saturated rings. The number of nitrogens with zero attached hydrogens (tertiary/aromatic N) is 1. The number of pyridine rings is 1. The average molecular weight is 330 g/mol. The number of halogens is 1. The first-order chi connectivity index (χ1) is 11.1. The molecule has 1 N–H and O–H groups in total. The number of rotatable bonds is 5. The number of carbonyl (C=O) groups is 1. The predicted octanol–water partition coefficient (Wildman–Crippen LogP) is 4.14. The maximum atomic E-state index is 10.4. The molecule has 0 aliphatic heterocycles. The van der Waals surface area contributed by atoms with E-state index in [-0.39, 0.29) is 6.61 Å². The van der Waals surface area contributed by atoms with Gasteiger partial charge in [0.2, 0.25) is 5.88 Å². The second-order valence-electron chi connectivity index (χ2n) is 4.71. The van der Waals surface area contributed by atoms with Crippen LogP contribution < -0.4 is 9.47 Å². The highest BCUT2D eigenvalue weighted by atomic mass is 35.5. The van der Waals surface area contributed by atoms with Crippen molar-refractivity contribution in [2.75, 3.05) is 6.61 Å². The van der Waals surface area contributed by atoms with Crippen LogP contribution in [0.15, 0.2) is 54.6 Å². The molecule has 0 bridgehead atoms. The van der Waals surface area contributed by atoms with Crippen molar-refractivity contribution in [3.05, 3.63) is 59.6 Å². The number of aromatic nitrogens is 1. The van der Waals surface area contributed by atoms with E-state index in [1.54, 1.807) is 30.3 Å². The summed E-state index contributed by atoms with van der Waals surface area (Å²) in [5, 5.41) is 10.1. The fraction of sp³-hybridized carbons (Fsp3) is 0.0588. The normalized spacial score (nSPS) is 10.5. The van der Waals surface area contributed by atoms with Gasteiger partial charge in [0, 0.05) is 16.5 Å². The average Bonchev–Trinajstić information content (AvgIpc) is 2.54. The van der Waals surface area contributed by atoms with E-state index in [0.717, 1.165) is 10.9 Å². The van der Waals surface area contributed by atoms with Crippen LogP contribution in [0.5, 0.6) is 17.4 Å². The Balaban J connectivity index is 1.75. The molecule has 0 aliphatic carbocycles. The Hall–Kier alpha value is -2.79. The van der Waals surface area contributed by atoms with Crippen LogP contribution in [0, 0.1) is 0 Å². The van der Waals surface area contributed by atoms with E-state index in [1.807, 2.05) is 24.3 Å². The molecule has 1 aromatic heterocycles. The summed E-state index contributed by atoms with van der Waals surface area (Å²) >= 11 is 6.10. The third-order valence-corrected chi connectivity index (χ3v) is 3.39. The summed E-state index contributed by atoms with van der Waals surface area (Å²) in [6.45, 7) is -0.382. The van der Waals surface area contributed by atoms with Crippen LogP contribution in [0.1, 0.15) is 0 Å². The van der Waals surface area contributed by atoms with Gasteiger partial charge in [-0.15, -0.1) is 0 Å². The molecule has 3 rings (SSSR count). The highest BCUT2D eigenvalue weighted by Gasteiger charge is 2.04. The molecule has 5 nitrogen and oxygen atoms in total. The fourth-order valence-corrected chi connectivity index (χ4v) is 2.26. The summed E-state index contributed by atoms with van der Waals surface area (Å²) in [5.74, 6) is 0.447. The number of carboxylic acids is 1. The molecule has 0 spiro atoms. The minimum Gasteiger partial charge on any atom is -0.482 e. The summed E-state index contributed by atoms with van der Waals surface area (Å²) in [6.07, 6.45) is 0. The van der Waals surface area contributed by atoms with Crippen molar-refractivity contribution in [3.8, 4) is 17.4 Å². The summed E-state index contributed by atoms with van der Waals surface area (Å²) in [6, 6.07) is 15.7. The van der Waals surface area contributed by atoms with Crippen LogP contribution in [0.3, 0.4) is 0 Å². The minimum atomic E-state index is -1.02. The molecule has 6 heteroatoms. The van der Waals surface area contributed by atoms with E-state index < -0.39 is 5.97 Å². The number of hydrogen-bond donors (Lipinski definition) is 1. The number of carboxylic acid groups (broad SMARTS) is 1. The van der Waals surface area contributed by atoms with Gasteiger partial charge in [-0.25, -0.2) is 9.78 Å². The van der Waals surface area contributed by atoms with Crippen molar-refractivity contribution < 1.29 is 19.4 Å². The molecule has 2 aromatic carbocycles. The Morgan fingerprint density at radius 3 is 2.52 bits per heavy atom. The molecule has 0 aliphatic rings. The maximum absolute atomic E-state index is 10.4. The summed E-state index contributed by atoms with van der Waals surface area (Å²) in [4.78, 5) is 14.8. The lowest BCUT2D eigenvalue weighted by Gasteiger charge is -2.08. The van der Waals surface area contributed by atoms with E-state index in [1.165, 1.54) is 0 Å². The van der Waals surface area contributed by atoms with Gasteiger partial charge >= 0.3 is 5.97 Å². The first-order valence-electron chi connectivity index (χ1n) is 6.79. The van der Waals surface area contributed by atoms with Crippen molar-refractivity contribution in [3.63, 3.8) is 0 Å². The van der Waals surface area contributed by atoms with Crippen molar-refractivity contribution in [1.29, 1.82) is 0 Å². The molecule has 3 aromatic rings. The van der Waals surface area contributed by atoms with Gasteiger partial charge in [-0.3, -0.25) is 0 Å².